The fourth-order valence-corrected chi connectivity index (χ4v) is 6.06. The number of carbonyl (C=O) groups excluding carboxylic acids is 1. The largest absolute Gasteiger partial charge is 0.371 e. The molecule has 2 atom stereocenters. The van der Waals surface area contributed by atoms with Crippen molar-refractivity contribution in [1.82, 2.24) is 9.88 Å². The van der Waals surface area contributed by atoms with Gasteiger partial charge in [-0.25, -0.2) is 0 Å². The smallest absolute Gasteiger partial charge is 0.227 e. The molecule has 35 heavy (non-hydrogen) atoms. The Morgan fingerprint density at radius 1 is 1.17 bits per heavy atom. The lowest BCUT2D eigenvalue weighted by molar-refractivity contribution is -0.126. The minimum Gasteiger partial charge on any atom is -0.371 e. The molecule has 1 amide bonds. The summed E-state index contributed by atoms with van der Waals surface area (Å²) in [6.07, 6.45) is 1.11. The van der Waals surface area contributed by atoms with Crippen LogP contribution in [-0.2, 0) is 26.4 Å². The number of benzene rings is 2. The number of para-hydroxylation sites is 2. The van der Waals surface area contributed by atoms with Gasteiger partial charge in [0.15, 0.2) is 0 Å². The van der Waals surface area contributed by atoms with E-state index in [9.17, 15) is 9.90 Å². The van der Waals surface area contributed by atoms with Gasteiger partial charge < -0.3 is 29.4 Å². The van der Waals surface area contributed by atoms with Crippen LogP contribution in [0.5, 0.6) is 0 Å². The van der Waals surface area contributed by atoms with E-state index in [0.29, 0.717) is 19.6 Å². The number of hydrogen-bond acceptors (Lipinski definition) is 5. The average Bonchev–Trinajstić information content (AvgIpc) is 3.48. The quantitative estimate of drug-likeness (QED) is 0.449. The first-order chi connectivity index (χ1) is 16.9. The van der Waals surface area contributed by atoms with Crippen LogP contribution in [-0.4, -0.2) is 41.8 Å². The zero-order chi connectivity index (χ0) is 24.3. The number of amides is 1. The molecule has 2 aromatic carbocycles. The SMILES string of the molecule is CC1C(=O)NC/C1=c1/c2n(c3ccccc13)C(C)(C)O[C@H](CCOCO)N1C=2Cc2ccccc21. The molecular weight excluding hydrogens is 442 g/mol. The molecule has 3 aliphatic rings. The van der Waals surface area contributed by atoms with E-state index in [1.807, 2.05) is 6.92 Å². The lowest BCUT2D eigenvalue weighted by Crippen LogP contribution is -2.42. The number of aliphatic hydroxyl groups excluding tert-OH is 1. The van der Waals surface area contributed by atoms with Crippen molar-refractivity contribution in [3.8, 4) is 0 Å². The highest BCUT2D eigenvalue weighted by molar-refractivity contribution is 5.96. The third kappa shape index (κ3) is 3.33. The Kier molecular flexibility index (Phi) is 5.25. The average molecular weight is 474 g/mol. The Labute approximate surface area is 204 Å². The molecule has 2 N–H and O–H groups in total. The maximum atomic E-state index is 12.6. The molecule has 0 saturated carbocycles. The van der Waals surface area contributed by atoms with Crippen molar-refractivity contribution >= 4 is 33.8 Å². The van der Waals surface area contributed by atoms with Gasteiger partial charge in [-0.2, -0.15) is 0 Å². The van der Waals surface area contributed by atoms with Gasteiger partial charge in [0.2, 0.25) is 5.91 Å². The number of nitrogens with one attached hydrogen (secondary N) is 1. The second kappa shape index (κ2) is 8.22. The normalized spacial score (nSPS) is 24.3. The maximum Gasteiger partial charge on any atom is 0.227 e. The first-order valence-corrected chi connectivity index (χ1v) is 12.3. The molecule has 0 radical (unpaired) electrons. The molecule has 4 heterocycles. The molecule has 0 bridgehead atoms. The number of nitrogens with zero attached hydrogens (tertiary/aromatic N) is 2. The number of aromatic nitrogens is 1. The maximum absolute atomic E-state index is 12.6. The number of ether oxygens (including phenoxy) is 2. The monoisotopic (exact) mass is 473 g/mol. The van der Waals surface area contributed by atoms with Crippen LogP contribution in [0.4, 0.5) is 5.69 Å². The number of fused-ring (bicyclic) bond motifs is 6. The molecule has 3 aromatic rings. The Balaban J connectivity index is 1.75. The Morgan fingerprint density at radius 2 is 1.94 bits per heavy atom. The molecule has 1 fully saturated rings. The van der Waals surface area contributed by atoms with Crippen LogP contribution in [0.1, 0.15) is 32.8 Å². The molecule has 1 aromatic heterocycles. The predicted molar refractivity (Wildman–Crippen MR) is 135 cm³/mol. The van der Waals surface area contributed by atoms with E-state index in [1.54, 1.807) is 0 Å². The van der Waals surface area contributed by atoms with Crippen molar-refractivity contribution in [2.45, 2.75) is 45.6 Å². The van der Waals surface area contributed by atoms with E-state index >= 15 is 0 Å². The fraction of sp³-hybridized carbons (Fsp3) is 0.393. The lowest BCUT2D eigenvalue weighted by Gasteiger charge is -2.35. The fourth-order valence-electron chi connectivity index (χ4n) is 6.06. The number of aliphatic hydroxyl groups is 1. The lowest BCUT2D eigenvalue weighted by atomic mass is 10.00. The number of anilines is 1. The van der Waals surface area contributed by atoms with Crippen molar-refractivity contribution in [3.63, 3.8) is 0 Å². The van der Waals surface area contributed by atoms with Crippen LogP contribution in [0.25, 0.3) is 22.2 Å². The predicted octanol–water partition coefficient (Wildman–Crippen LogP) is 2.13. The van der Waals surface area contributed by atoms with Gasteiger partial charge in [0, 0.05) is 41.4 Å². The minimum absolute atomic E-state index is 0.0729. The third-order valence-corrected chi connectivity index (χ3v) is 7.59. The number of carbonyl (C=O) groups is 1. The summed E-state index contributed by atoms with van der Waals surface area (Å²) >= 11 is 0. The van der Waals surface area contributed by atoms with E-state index in [2.05, 4.69) is 77.2 Å². The Morgan fingerprint density at radius 3 is 2.71 bits per heavy atom. The molecule has 1 unspecified atom stereocenters. The molecule has 0 aliphatic carbocycles. The van der Waals surface area contributed by atoms with Gasteiger partial charge >= 0.3 is 0 Å². The van der Waals surface area contributed by atoms with Gasteiger partial charge in [-0.3, -0.25) is 4.79 Å². The topological polar surface area (TPSA) is 76.0 Å². The van der Waals surface area contributed by atoms with E-state index in [-0.39, 0.29) is 24.8 Å². The molecule has 7 heteroatoms. The second-order valence-electron chi connectivity index (χ2n) is 10.0. The van der Waals surface area contributed by atoms with Crippen LogP contribution < -0.4 is 20.8 Å². The van der Waals surface area contributed by atoms with Crippen LogP contribution >= 0.6 is 0 Å². The standard InChI is InChI=1S/C28H31N3O4/c1-17-20(15-29-27(17)33)25-19-9-5-7-11-22(19)31-26(25)23-14-18-8-4-6-10-21(18)30(23)24(12-13-34-16-32)35-28(31,2)3/h4-11,17,24,32H,12-16H2,1-3H3,(H,29,33)/b25-20-/t17?,24-/m1/s1. The van der Waals surface area contributed by atoms with Gasteiger partial charge in [-0.05, 0) is 44.0 Å². The van der Waals surface area contributed by atoms with E-state index in [0.717, 1.165) is 39.2 Å². The summed E-state index contributed by atoms with van der Waals surface area (Å²) in [4.78, 5) is 14.9. The number of hydrogen-bond donors (Lipinski definition) is 2. The van der Waals surface area contributed by atoms with Gasteiger partial charge in [-0.15, -0.1) is 0 Å². The van der Waals surface area contributed by atoms with Gasteiger partial charge in [0.05, 0.1) is 23.4 Å². The summed E-state index contributed by atoms with van der Waals surface area (Å²) in [5.41, 5.74) is 5.12. The minimum atomic E-state index is -0.664. The van der Waals surface area contributed by atoms with E-state index in [4.69, 9.17) is 9.47 Å². The Bertz CT molecular complexity index is 1450. The van der Waals surface area contributed by atoms with Crippen molar-refractivity contribution in [3.05, 3.63) is 64.7 Å². The zero-order valence-electron chi connectivity index (χ0n) is 20.4. The van der Waals surface area contributed by atoms with Crippen molar-refractivity contribution in [1.29, 1.82) is 0 Å². The molecule has 1 saturated heterocycles. The third-order valence-electron chi connectivity index (χ3n) is 7.59. The van der Waals surface area contributed by atoms with Crippen LogP contribution in [0.2, 0.25) is 0 Å². The first kappa shape index (κ1) is 22.3. The van der Waals surface area contributed by atoms with Crippen LogP contribution in [0, 0.1) is 5.92 Å². The van der Waals surface area contributed by atoms with E-state index in [1.165, 1.54) is 11.3 Å². The molecule has 3 aliphatic heterocycles. The summed E-state index contributed by atoms with van der Waals surface area (Å²) in [5, 5.41) is 15.7. The highest BCUT2D eigenvalue weighted by Gasteiger charge is 2.41. The van der Waals surface area contributed by atoms with Gasteiger partial charge in [-0.1, -0.05) is 36.4 Å². The van der Waals surface area contributed by atoms with Gasteiger partial charge in [0.1, 0.15) is 18.7 Å². The van der Waals surface area contributed by atoms with Crippen LogP contribution in [0.15, 0.2) is 48.5 Å². The Hall–Kier alpha value is -3.13. The van der Waals surface area contributed by atoms with Crippen molar-refractivity contribution < 1.29 is 19.4 Å². The zero-order valence-corrected chi connectivity index (χ0v) is 20.4. The highest BCUT2D eigenvalue weighted by Crippen LogP contribution is 2.41. The summed E-state index contributed by atoms with van der Waals surface area (Å²) in [7, 11) is 0. The summed E-state index contributed by atoms with van der Waals surface area (Å²) in [5.74, 6) is -0.117. The summed E-state index contributed by atoms with van der Waals surface area (Å²) in [6.45, 7) is 6.83. The van der Waals surface area contributed by atoms with E-state index < -0.39 is 5.72 Å². The highest BCUT2D eigenvalue weighted by atomic mass is 16.6. The molecule has 182 valence electrons. The number of rotatable bonds is 4. The summed E-state index contributed by atoms with van der Waals surface area (Å²) in [6, 6.07) is 16.9. The van der Waals surface area contributed by atoms with Crippen molar-refractivity contribution in [2.24, 2.45) is 5.92 Å². The molecule has 0 spiro atoms. The van der Waals surface area contributed by atoms with Crippen LogP contribution in [0.3, 0.4) is 0 Å². The van der Waals surface area contributed by atoms with Crippen molar-refractivity contribution in [2.75, 3.05) is 24.8 Å². The second-order valence-corrected chi connectivity index (χ2v) is 10.0. The molecule has 7 nitrogen and oxygen atoms in total. The molecular formula is C28H31N3O4. The molecule has 6 rings (SSSR count). The summed E-state index contributed by atoms with van der Waals surface area (Å²) < 4.78 is 14.5. The first-order valence-electron chi connectivity index (χ1n) is 12.3. The van der Waals surface area contributed by atoms with Gasteiger partial charge in [0.25, 0.3) is 0 Å².